The molecule has 1 aliphatic carbocycles. The van der Waals surface area contributed by atoms with Crippen molar-refractivity contribution in [2.45, 2.75) is 66.0 Å². The van der Waals surface area contributed by atoms with Crippen LogP contribution in [0.1, 0.15) is 65.3 Å². The predicted molar refractivity (Wildman–Crippen MR) is 121 cm³/mol. The fourth-order valence-electron chi connectivity index (χ4n) is 3.97. The molecule has 9 heteroatoms. The number of hydrogen-bond acceptors (Lipinski definition) is 4. The van der Waals surface area contributed by atoms with Crippen LogP contribution in [0.3, 0.4) is 0 Å². The molecule has 0 radical (unpaired) electrons. The summed E-state index contributed by atoms with van der Waals surface area (Å²) in [5, 5.41) is 7.62. The van der Waals surface area contributed by atoms with Crippen molar-refractivity contribution in [3.63, 3.8) is 0 Å². The smallest absolute Gasteiger partial charge is 0.331 e. The van der Waals surface area contributed by atoms with Gasteiger partial charge in [0.1, 0.15) is 11.6 Å². The lowest BCUT2D eigenvalue weighted by Crippen LogP contribution is -2.24. The lowest BCUT2D eigenvalue weighted by Gasteiger charge is -2.21. The van der Waals surface area contributed by atoms with Gasteiger partial charge in [-0.15, -0.1) is 0 Å². The van der Waals surface area contributed by atoms with Crippen LogP contribution in [-0.2, 0) is 16.0 Å². The number of allylic oxidation sites excluding steroid dienone is 4. The molecule has 1 aliphatic rings. The average molecular weight is 446 g/mol. The third kappa shape index (κ3) is 4.93. The first-order valence-electron chi connectivity index (χ1n) is 10.8. The largest absolute Gasteiger partial charge is 0.375 e. The molecule has 174 valence electrons. The molecule has 0 saturated carbocycles. The molecule has 0 bridgehead atoms. The van der Waals surface area contributed by atoms with Crippen LogP contribution < -0.4 is 11.0 Å². The zero-order valence-electron chi connectivity index (χ0n) is 19.5. The molecule has 0 aromatic carbocycles. The highest BCUT2D eigenvalue weighted by molar-refractivity contribution is 5.60. The summed E-state index contributed by atoms with van der Waals surface area (Å²) in [4.78, 5) is 26.5. The summed E-state index contributed by atoms with van der Waals surface area (Å²) in [5.74, 6) is 0.0883. The Bertz CT molecular complexity index is 1100. The molecule has 32 heavy (non-hydrogen) atoms. The summed E-state index contributed by atoms with van der Waals surface area (Å²) in [6.07, 6.45) is 6.49. The van der Waals surface area contributed by atoms with E-state index in [1.165, 1.54) is 4.57 Å². The van der Waals surface area contributed by atoms with E-state index in [1.807, 2.05) is 34.6 Å². The van der Waals surface area contributed by atoms with E-state index in [0.717, 1.165) is 11.3 Å². The van der Waals surface area contributed by atoms with Gasteiger partial charge in [-0.3, -0.25) is 9.36 Å². The minimum absolute atomic E-state index is 0.142. The number of ether oxygens (including phenoxy) is 1. The van der Waals surface area contributed by atoms with Crippen LogP contribution in [0, 0.1) is 5.92 Å². The Morgan fingerprint density at radius 3 is 2.72 bits per heavy atom. The van der Waals surface area contributed by atoms with Gasteiger partial charge in [-0.2, -0.15) is 5.10 Å². The Labute approximate surface area is 187 Å². The summed E-state index contributed by atoms with van der Waals surface area (Å²) in [7, 11) is 0. The molecule has 0 spiro atoms. The molecule has 1 amide bonds. The third-order valence-electron chi connectivity index (χ3n) is 5.46. The molecular weight excluding hydrogens is 413 g/mol. The Kier molecular flexibility index (Phi) is 6.88. The first-order valence-corrected chi connectivity index (χ1v) is 10.8. The summed E-state index contributed by atoms with van der Waals surface area (Å²) < 4.78 is 23.4. The fourth-order valence-corrected chi connectivity index (χ4v) is 3.97. The number of carbonyl (C=O) groups is 1. The number of nitrogens with zero attached hydrogens (tertiary/aromatic N) is 3. The molecular formula is C23H32FN5O3. The Morgan fingerprint density at radius 2 is 2.16 bits per heavy atom. The van der Waals surface area contributed by atoms with Gasteiger partial charge in [-0.1, -0.05) is 6.92 Å². The molecule has 1 unspecified atom stereocenters. The Balaban J connectivity index is 2.20. The molecule has 2 aromatic heterocycles. The summed E-state index contributed by atoms with van der Waals surface area (Å²) in [6.45, 7) is 11.8. The summed E-state index contributed by atoms with van der Waals surface area (Å²) >= 11 is 0. The van der Waals surface area contributed by atoms with Crippen molar-refractivity contribution in [3.8, 4) is 5.82 Å². The molecule has 2 aromatic rings. The van der Waals surface area contributed by atoms with Gasteiger partial charge in [0.25, 0.3) is 0 Å². The van der Waals surface area contributed by atoms with E-state index >= 15 is 0 Å². The average Bonchev–Trinajstić information content (AvgIpc) is 3.28. The van der Waals surface area contributed by atoms with E-state index in [-0.39, 0.29) is 23.0 Å². The Morgan fingerprint density at radius 1 is 1.44 bits per heavy atom. The molecule has 0 aliphatic heterocycles. The van der Waals surface area contributed by atoms with Crippen LogP contribution in [0.4, 0.5) is 4.39 Å². The first kappa shape index (κ1) is 23.7. The van der Waals surface area contributed by atoms with E-state index in [0.29, 0.717) is 42.9 Å². The predicted octanol–water partition coefficient (Wildman–Crippen LogP) is 3.65. The maximum atomic E-state index is 14.4. The molecule has 2 heterocycles. The number of amides is 1. The van der Waals surface area contributed by atoms with Crippen molar-refractivity contribution in [2.24, 2.45) is 5.92 Å². The van der Waals surface area contributed by atoms with Gasteiger partial charge in [-0.25, -0.2) is 13.9 Å². The second-order valence-corrected chi connectivity index (χ2v) is 9.22. The second-order valence-electron chi connectivity index (χ2n) is 9.22. The van der Waals surface area contributed by atoms with Crippen LogP contribution in [0.2, 0.25) is 0 Å². The van der Waals surface area contributed by atoms with Gasteiger partial charge in [0.15, 0.2) is 0 Å². The van der Waals surface area contributed by atoms with E-state index in [1.54, 1.807) is 30.1 Å². The zero-order valence-corrected chi connectivity index (χ0v) is 19.5. The van der Waals surface area contributed by atoms with E-state index < -0.39 is 6.04 Å². The third-order valence-corrected chi connectivity index (χ3v) is 5.46. The lowest BCUT2D eigenvalue weighted by atomic mass is 9.94. The zero-order chi connectivity index (χ0) is 23.6. The van der Waals surface area contributed by atoms with Crippen LogP contribution in [0.25, 0.3) is 11.5 Å². The van der Waals surface area contributed by atoms with Gasteiger partial charge in [0.2, 0.25) is 6.41 Å². The quantitative estimate of drug-likeness (QED) is 0.607. The Hall–Kier alpha value is -2.94. The number of nitrogens with one attached hydrogen (secondary N) is 2. The fraction of sp³-hybridized carbons (Fsp3) is 0.522. The molecule has 8 nitrogen and oxygen atoms in total. The molecule has 3 rings (SSSR count). The van der Waals surface area contributed by atoms with Crippen molar-refractivity contribution >= 4 is 12.1 Å². The van der Waals surface area contributed by atoms with Crippen molar-refractivity contribution < 1.29 is 13.9 Å². The van der Waals surface area contributed by atoms with Gasteiger partial charge < -0.3 is 15.0 Å². The highest BCUT2D eigenvalue weighted by Gasteiger charge is 2.29. The van der Waals surface area contributed by atoms with Gasteiger partial charge in [0, 0.05) is 36.0 Å². The summed E-state index contributed by atoms with van der Waals surface area (Å²) in [6, 6.07) is -0.405. The van der Waals surface area contributed by atoms with Gasteiger partial charge in [0.05, 0.1) is 23.9 Å². The monoisotopic (exact) mass is 445 g/mol. The van der Waals surface area contributed by atoms with Crippen LogP contribution in [-0.4, -0.2) is 37.9 Å². The van der Waals surface area contributed by atoms with E-state index in [2.05, 4.69) is 10.3 Å². The number of aromatic nitrogens is 4. The standard InChI is InChI=1S/C23H32FN5O3/c1-14-11-17(12-15(2)20(14)24)29-21(28-9-8-25-22(28)31)19(16(3)26-13-30)18(27-29)7-10-32-23(4,5)6/h8-9,11,13,15-16H,7,10,12H2,1-6H3,(H,25,31)(H,26,30)/t15?,16-/m0/s1. The van der Waals surface area contributed by atoms with Crippen LogP contribution in [0.5, 0.6) is 0 Å². The highest BCUT2D eigenvalue weighted by Crippen LogP contribution is 2.35. The topological polar surface area (TPSA) is 93.9 Å². The second kappa shape index (κ2) is 9.28. The maximum Gasteiger partial charge on any atom is 0.331 e. The molecule has 2 atom stereocenters. The number of hydrogen-bond donors (Lipinski definition) is 2. The van der Waals surface area contributed by atoms with Crippen LogP contribution in [0.15, 0.2) is 34.7 Å². The highest BCUT2D eigenvalue weighted by atomic mass is 19.1. The minimum Gasteiger partial charge on any atom is -0.375 e. The van der Waals surface area contributed by atoms with Crippen molar-refractivity contribution in [2.75, 3.05) is 6.61 Å². The van der Waals surface area contributed by atoms with Gasteiger partial charge in [-0.05, 0) is 52.7 Å². The normalized spacial score (nSPS) is 18.0. The summed E-state index contributed by atoms with van der Waals surface area (Å²) in [5.41, 5.74) is 2.11. The number of halogens is 1. The van der Waals surface area contributed by atoms with Crippen molar-refractivity contribution in [1.29, 1.82) is 0 Å². The lowest BCUT2D eigenvalue weighted by molar-refractivity contribution is -0.110. The molecule has 2 N–H and O–H groups in total. The van der Waals surface area contributed by atoms with Crippen molar-refractivity contribution in [1.82, 2.24) is 24.6 Å². The minimum atomic E-state index is -0.405. The van der Waals surface area contributed by atoms with E-state index in [9.17, 15) is 14.0 Å². The number of carbonyl (C=O) groups excluding carboxylic acids is 1. The van der Waals surface area contributed by atoms with E-state index in [4.69, 9.17) is 9.84 Å². The first-order chi connectivity index (χ1) is 15.0. The SMILES string of the molecule is CC1=C(F)C(C)CC(n2nc(CCOC(C)(C)C)c([C@H](C)NC=O)c2-n2cc[nH]c2=O)=C1. The molecule has 0 fully saturated rings. The number of aromatic amines is 1. The van der Waals surface area contributed by atoms with Crippen molar-refractivity contribution in [3.05, 3.63) is 51.6 Å². The molecule has 0 saturated heterocycles. The van der Waals surface area contributed by atoms with Crippen LogP contribution >= 0.6 is 0 Å². The number of H-pyrrole nitrogens is 1. The number of imidazole rings is 1. The maximum absolute atomic E-state index is 14.4. The number of rotatable bonds is 8. The van der Waals surface area contributed by atoms with Gasteiger partial charge >= 0.3 is 5.69 Å².